The Morgan fingerprint density at radius 1 is 1.06 bits per heavy atom. The van der Waals surface area contributed by atoms with Crippen molar-refractivity contribution in [3.8, 4) is 5.75 Å². The zero-order chi connectivity index (χ0) is 22.5. The second-order valence-corrected chi connectivity index (χ2v) is 7.35. The molecule has 1 N–H and O–H groups in total. The van der Waals surface area contributed by atoms with E-state index in [2.05, 4.69) is 11.6 Å². The Bertz CT molecular complexity index is 1160. The van der Waals surface area contributed by atoms with Gasteiger partial charge in [-0.2, -0.15) is 0 Å². The van der Waals surface area contributed by atoms with E-state index in [0.717, 1.165) is 5.56 Å². The summed E-state index contributed by atoms with van der Waals surface area (Å²) in [6.45, 7) is 4.15. The van der Waals surface area contributed by atoms with E-state index < -0.39 is 23.5 Å². The Hall–Kier alpha value is -4.19. The molecule has 4 rings (SSSR count). The number of likely N-dealkylation sites (tertiary alicyclic amines) is 1. The summed E-state index contributed by atoms with van der Waals surface area (Å²) in [6, 6.07) is 18.6. The van der Waals surface area contributed by atoms with Gasteiger partial charge in [-0.15, -0.1) is 0 Å². The number of ketones is 1. The number of rotatable bonds is 7. The molecule has 32 heavy (non-hydrogen) atoms. The maximum absolute atomic E-state index is 13.4. The number of aromatic nitrogens is 1. The first-order chi connectivity index (χ1) is 15.6. The molecule has 0 saturated carbocycles. The van der Waals surface area contributed by atoms with Crippen LogP contribution in [-0.2, 0) is 16.1 Å². The molecule has 1 fully saturated rings. The van der Waals surface area contributed by atoms with Gasteiger partial charge in [0.2, 0.25) is 5.78 Å². The minimum atomic E-state index is -0.768. The van der Waals surface area contributed by atoms with Gasteiger partial charge in [0.25, 0.3) is 5.91 Å². The largest absolute Gasteiger partial charge is 0.872 e. The number of hydrogen-bond acceptors (Lipinski definition) is 4. The van der Waals surface area contributed by atoms with Gasteiger partial charge in [0.1, 0.15) is 12.4 Å². The molecular formula is C26H22N2O4. The summed E-state index contributed by atoms with van der Waals surface area (Å²) in [7, 11) is 0. The molecule has 1 aromatic heterocycles. The van der Waals surface area contributed by atoms with Crippen LogP contribution in [0.3, 0.4) is 0 Å². The number of pyridine rings is 1. The molecular weight excluding hydrogens is 404 g/mol. The normalized spacial score (nSPS) is 17.4. The molecule has 2 heterocycles. The van der Waals surface area contributed by atoms with E-state index in [9.17, 15) is 14.7 Å². The lowest BCUT2D eigenvalue weighted by Gasteiger charge is -2.27. The first-order valence-corrected chi connectivity index (χ1v) is 10.2. The van der Waals surface area contributed by atoms with Crippen LogP contribution >= 0.6 is 0 Å². The van der Waals surface area contributed by atoms with E-state index in [0.29, 0.717) is 23.5 Å². The third kappa shape index (κ3) is 4.16. The van der Waals surface area contributed by atoms with Gasteiger partial charge < -0.3 is 14.7 Å². The number of Topliss-reactive ketones (excluding diaryl/α,β-unsaturated/α-hetero) is 1. The topological polar surface area (TPSA) is 83.8 Å². The fourth-order valence-electron chi connectivity index (χ4n) is 3.75. The number of aromatic amines is 1. The molecule has 6 nitrogen and oxygen atoms in total. The highest BCUT2D eigenvalue weighted by Crippen LogP contribution is 2.39. The Morgan fingerprint density at radius 3 is 2.47 bits per heavy atom. The van der Waals surface area contributed by atoms with Gasteiger partial charge in [0.15, 0.2) is 12.4 Å². The molecule has 3 aromatic rings. The Morgan fingerprint density at radius 2 is 1.81 bits per heavy atom. The lowest BCUT2D eigenvalue weighted by atomic mass is 9.95. The van der Waals surface area contributed by atoms with E-state index in [1.807, 2.05) is 42.5 Å². The van der Waals surface area contributed by atoms with Gasteiger partial charge in [0.05, 0.1) is 12.6 Å². The second kappa shape index (κ2) is 9.31. The summed E-state index contributed by atoms with van der Waals surface area (Å²) in [5.74, 6) is -1.33. The zero-order valence-corrected chi connectivity index (χ0v) is 17.4. The van der Waals surface area contributed by atoms with Crippen molar-refractivity contribution in [3.63, 3.8) is 0 Å². The molecule has 1 aliphatic rings. The van der Waals surface area contributed by atoms with Crippen LogP contribution in [0.5, 0.6) is 5.75 Å². The van der Waals surface area contributed by atoms with Crippen molar-refractivity contribution in [3.05, 3.63) is 114 Å². The number of ether oxygens (including phenoxy) is 1. The molecule has 1 saturated heterocycles. The maximum atomic E-state index is 13.4. The number of H-pyrrole nitrogens is 1. The van der Waals surface area contributed by atoms with E-state index in [4.69, 9.17) is 4.74 Å². The summed E-state index contributed by atoms with van der Waals surface area (Å²) < 4.78 is 5.46. The van der Waals surface area contributed by atoms with Crippen molar-refractivity contribution < 1.29 is 24.4 Å². The molecule has 1 atom stereocenters. The Balaban J connectivity index is 1.77. The van der Waals surface area contributed by atoms with Crippen molar-refractivity contribution in [1.29, 1.82) is 0 Å². The number of amides is 1. The van der Waals surface area contributed by atoms with Gasteiger partial charge in [0, 0.05) is 17.2 Å². The average molecular weight is 426 g/mol. The second-order valence-electron chi connectivity index (χ2n) is 7.35. The highest BCUT2D eigenvalue weighted by molar-refractivity contribution is 6.46. The van der Waals surface area contributed by atoms with Crippen LogP contribution in [0.2, 0.25) is 0 Å². The number of carbonyl (C=O) groups excluding carboxylic acids is 2. The SMILES string of the molecule is C=CCOc1ccc(/C([O-])=C2\C(=O)C(=O)N(Cc3ccc[nH+]c3)C2c2ccccc2)cc1. The standard InChI is InChI=1S/C26H22N2O4/c1-2-15-32-21-12-10-20(11-13-21)24(29)22-23(19-8-4-3-5-9-19)28(26(31)25(22)30)17-18-7-6-14-27-16-18/h2-14,16,23,29H,1,15,17H2/b24-22+. The molecule has 0 spiro atoms. The molecule has 160 valence electrons. The predicted molar refractivity (Wildman–Crippen MR) is 117 cm³/mol. The summed E-state index contributed by atoms with van der Waals surface area (Å²) >= 11 is 0. The monoisotopic (exact) mass is 426 g/mol. The van der Waals surface area contributed by atoms with E-state index in [-0.39, 0.29) is 12.1 Å². The third-order valence-corrected chi connectivity index (χ3v) is 5.25. The van der Waals surface area contributed by atoms with Crippen molar-refractivity contribution >= 4 is 17.4 Å². The number of nitrogens with zero attached hydrogens (tertiary/aromatic N) is 1. The molecule has 1 aliphatic heterocycles. The van der Waals surface area contributed by atoms with Gasteiger partial charge in [-0.25, -0.2) is 4.98 Å². The third-order valence-electron chi connectivity index (χ3n) is 5.25. The number of benzene rings is 2. The minimum Gasteiger partial charge on any atom is -0.872 e. The molecule has 0 radical (unpaired) electrons. The summed E-state index contributed by atoms with van der Waals surface area (Å²) in [6.07, 6.45) is 5.15. The lowest BCUT2D eigenvalue weighted by Crippen LogP contribution is -2.29. The quantitative estimate of drug-likeness (QED) is 0.252. The van der Waals surface area contributed by atoms with Gasteiger partial charge >= 0.3 is 0 Å². The number of nitrogens with one attached hydrogen (secondary N) is 1. The van der Waals surface area contributed by atoms with Crippen LogP contribution in [-0.4, -0.2) is 23.2 Å². The summed E-state index contributed by atoms with van der Waals surface area (Å²) in [5, 5.41) is 13.4. The van der Waals surface area contributed by atoms with Crippen LogP contribution in [0.4, 0.5) is 0 Å². The smallest absolute Gasteiger partial charge is 0.295 e. The molecule has 0 aliphatic carbocycles. The first-order valence-electron chi connectivity index (χ1n) is 10.2. The van der Waals surface area contributed by atoms with Crippen LogP contribution < -0.4 is 14.8 Å². The Labute approximate surface area is 186 Å². The molecule has 0 bridgehead atoms. The van der Waals surface area contributed by atoms with E-state index >= 15 is 0 Å². The van der Waals surface area contributed by atoms with Gasteiger partial charge in [-0.05, 0) is 29.3 Å². The lowest BCUT2D eigenvalue weighted by molar-refractivity contribution is -0.378. The number of carbonyl (C=O) groups is 2. The van der Waals surface area contributed by atoms with Crippen LogP contribution in [0.1, 0.15) is 22.7 Å². The molecule has 6 heteroatoms. The highest BCUT2D eigenvalue weighted by Gasteiger charge is 2.44. The van der Waals surface area contributed by atoms with Crippen molar-refractivity contribution in [2.75, 3.05) is 6.61 Å². The Kier molecular flexibility index (Phi) is 6.12. The summed E-state index contributed by atoms with van der Waals surface area (Å²) in [4.78, 5) is 30.4. The van der Waals surface area contributed by atoms with Crippen molar-refractivity contribution in [2.24, 2.45) is 0 Å². The fraction of sp³-hybridized carbons (Fsp3) is 0.115. The van der Waals surface area contributed by atoms with Crippen LogP contribution in [0.25, 0.3) is 5.76 Å². The van der Waals surface area contributed by atoms with Gasteiger partial charge in [-0.3, -0.25) is 9.59 Å². The van der Waals surface area contributed by atoms with Crippen molar-refractivity contribution in [1.82, 2.24) is 4.90 Å². The predicted octanol–water partition coefficient (Wildman–Crippen LogP) is 2.49. The van der Waals surface area contributed by atoms with E-state index in [1.165, 1.54) is 4.90 Å². The highest BCUT2D eigenvalue weighted by atomic mass is 16.5. The maximum Gasteiger partial charge on any atom is 0.295 e. The average Bonchev–Trinajstić information content (AvgIpc) is 3.09. The molecule has 1 amide bonds. The molecule has 1 unspecified atom stereocenters. The molecule has 2 aromatic carbocycles. The van der Waals surface area contributed by atoms with Crippen LogP contribution in [0.15, 0.2) is 97.4 Å². The fourth-order valence-corrected chi connectivity index (χ4v) is 3.75. The summed E-state index contributed by atoms with van der Waals surface area (Å²) in [5.41, 5.74) is 1.82. The zero-order valence-electron chi connectivity index (χ0n) is 17.4. The van der Waals surface area contributed by atoms with Crippen molar-refractivity contribution in [2.45, 2.75) is 12.6 Å². The van der Waals surface area contributed by atoms with Crippen LogP contribution in [0, 0.1) is 0 Å². The first kappa shape index (κ1) is 21.1. The van der Waals surface area contributed by atoms with Gasteiger partial charge in [-0.1, -0.05) is 60.9 Å². The van der Waals surface area contributed by atoms with E-state index in [1.54, 1.807) is 42.7 Å². The minimum absolute atomic E-state index is 0.0409. The number of hydrogen-bond donors (Lipinski definition) is 0.